The van der Waals surface area contributed by atoms with Crippen LogP contribution in [0.2, 0.25) is 0 Å². The third-order valence-electron chi connectivity index (χ3n) is 4.16. The number of methoxy groups -OCH3 is 1. The highest BCUT2D eigenvalue weighted by Gasteiger charge is 2.30. The molecule has 7 nitrogen and oxygen atoms in total. The Balaban J connectivity index is 1.68. The van der Waals surface area contributed by atoms with Crippen molar-refractivity contribution in [1.29, 1.82) is 0 Å². The van der Waals surface area contributed by atoms with Gasteiger partial charge in [-0.05, 0) is 38.3 Å². The fraction of sp³-hybridized carbons (Fsp3) is 0.471. The highest BCUT2D eigenvalue weighted by atomic mass is 16.5. The minimum atomic E-state index is -0.0857. The van der Waals surface area contributed by atoms with Crippen LogP contribution in [0.4, 0.5) is 0 Å². The normalized spacial score (nSPS) is 17.6. The Morgan fingerprint density at radius 3 is 2.83 bits per heavy atom. The first kappa shape index (κ1) is 16.3. The van der Waals surface area contributed by atoms with Crippen molar-refractivity contribution in [3.05, 3.63) is 35.9 Å². The minimum Gasteiger partial charge on any atom is -0.493 e. The summed E-state index contributed by atoms with van der Waals surface area (Å²) in [7, 11) is 1.58. The average molecular weight is 330 g/mol. The van der Waals surface area contributed by atoms with Crippen LogP contribution in [0.3, 0.4) is 0 Å². The number of rotatable bonds is 5. The number of nitrogens with one attached hydrogen (secondary N) is 1. The second kappa shape index (κ2) is 7.33. The summed E-state index contributed by atoms with van der Waals surface area (Å²) in [5.41, 5.74) is 0. The molecule has 0 bridgehead atoms. The maximum absolute atomic E-state index is 12.7. The molecule has 24 heavy (non-hydrogen) atoms. The monoisotopic (exact) mass is 330 g/mol. The predicted molar refractivity (Wildman–Crippen MR) is 87.9 cm³/mol. The van der Waals surface area contributed by atoms with E-state index in [1.807, 2.05) is 24.0 Å². The highest BCUT2D eigenvalue weighted by molar-refractivity contribution is 5.78. The molecule has 1 N–H and O–H groups in total. The molecule has 0 unspecified atom stereocenters. The van der Waals surface area contributed by atoms with E-state index in [-0.39, 0.29) is 18.6 Å². The number of piperidine rings is 1. The van der Waals surface area contributed by atoms with E-state index in [2.05, 4.69) is 15.2 Å². The summed E-state index contributed by atoms with van der Waals surface area (Å²) in [6.45, 7) is 2.53. The first-order chi connectivity index (χ1) is 11.7. The number of nitrogens with zero attached hydrogens (tertiary/aromatic N) is 3. The molecule has 2 heterocycles. The van der Waals surface area contributed by atoms with Crippen LogP contribution in [0.15, 0.2) is 24.3 Å². The molecule has 1 aromatic heterocycles. The van der Waals surface area contributed by atoms with E-state index >= 15 is 0 Å². The highest BCUT2D eigenvalue weighted by Crippen LogP contribution is 2.30. The van der Waals surface area contributed by atoms with E-state index in [0.29, 0.717) is 23.9 Å². The Bertz CT molecular complexity index is 701. The van der Waals surface area contributed by atoms with E-state index in [1.165, 1.54) is 0 Å². The van der Waals surface area contributed by atoms with Gasteiger partial charge in [-0.3, -0.25) is 9.89 Å². The Hall–Kier alpha value is -2.57. The number of carbonyl (C=O) groups is 1. The summed E-state index contributed by atoms with van der Waals surface area (Å²) in [6.07, 6.45) is 2.92. The van der Waals surface area contributed by atoms with E-state index < -0.39 is 0 Å². The number of carbonyl (C=O) groups excluding carboxylic acids is 1. The van der Waals surface area contributed by atoms with Crippen LogP contribution in [-0.4, -0.2) is 46.2 Å². The molecule has 1 atom stereocenters. The number of aromatic nitrogens is 3. The molecule has 1 aromatic carbocycles. The molecule has 0 spiro atoms. The smallest absolute Gasteiger partial charge is 0.261 e. The number of para-hydroxylation sites is 2. The third kappa shape index (κ3) is 3.50. The van der Waals surface area contributed by atoms with Crippen molar-refractivity contribution in [1.82, 2.24) is 20.1 Å². The Morgan fingerprint density at radius 1 is 1.33 bits per heavy atom. The topological polar surface area (TPSA) is 80.3 Å². The number of aromatic amines is 1. The van der Waals surface area contributed by atoms with Gasteiger partial charge < -0.3 is 14.4 Å². The second-order valence-electron chi connectivity index (χ2n) is 5.82. The molecule has 1 saturated heterocycles. The van der Waals surface area contributed by atoms with Crippen LogP contribution >= 0.6 is 0 Å². The minimum absolute atomic E-state index is 0.0275. The first-order valence-corrected chi connectivity index (χ1v) is 8.13. The van der Waals surface area contributed by atoms with Gasteiger partial charge in [-0.15, -0.1) is 0 Å². The molecule has 128 valence electrons. The van der Waals surface area contributed by atoms with Gasteiger partial charge in [0.25, 0.3) is 5.91 Å². The van der Waals surface area contributed by atoms with Crippen molar-refractivity contribution in [3.63, 3.8) is 0 Å². The van der Waals surface area contributed by atoms with Gasteiger partial charge in [0.2, 0.25) is 0 Å². The van der Waals surface area contributed by atoms with Gasteiger partial charge in [-0.1, -0.05) is 12.1 Å². The van der Waals surface area contributed by atoms with Gasteiger partial charge in [-0.2, -0.15) is 5.10 Å². The predicted octanol–water partition coefficient (Wildman–Crippen LogP) is 2.25. The third-order valence-corrected chi connectivity index (χ3v) is 4.16. The largest absolute Gasteiger partial charge is 0.493 e. The van der Waals surface area contributed by atoms with Crippen molar-refractivity contribution in [3.8, 4) is 11.5 Å². The zero-order chi connectivity index (χ0) is 16.9. The van der Waals surface area contributed by atoms with Crippen molar-refractivity contribution < 1.29 is 14.3 Å². The Morgan fingerprint density at radius 2 is 2.12 bits per heavy atom. The second-order valence-corrected chi connectivity index (χ2v) is 5.82. The lowest BCUT2D eigenvalue weighted by Crippen LogP contribution is -2.41. The number of H-pyrrole nitrogens is 1. The number of hydrogen-bond acceptors (Lipinski definition) is 5. The van der Waals surface area contributed by atoms with Gasteiger partial charge in [0.1, 0.15) is 5.82 Å². The van der Waals surface area contributed by atoms with Crippen molar-refractivity contribution in [2.45, 2.75) is 32.2 Å². The van der Waals surface area contributed by atoms with Crippen LogP contribution in [-0.2, 0) is 4.79 Å². The fourth-order valence-corrected chi connectivity index (χ4v) is 2.97. The molecule has 1 aliphatic rings. The number of aryl methyl sites for hydroxylation is 1. The van der Waals surface area contributed by atoms with Crippen LogP contribution < -0.4 is 9.47 Å². The zero-order valence-corrected chi connectivity index (χ0v) is 14.0. The van der Waals surface area contributed by atoms with Crippen LogP contribution in [0.25, 0.3) is 0 Å². The van der Waals surface area contributed by atoms with Gasteiger partial charge in [0, 0.05) is 6.54 Å². The number of hydrogen-bond donors (Lipinski definition) is 1. The molecule has 7 heteroatoms. The van der Waals surface area contributed by atoms with Crippen LogP contribution in [0.5, 0.6) is 11.5 Å². The summed E-state index contributed by atoms with van der Waals surface area (Å²) in [5.74, 6) is 2.56. The van der Waals surface area contributed by atoms with Crippen molar-refractivity contribution in [2.24, 2.45) is 0 Å². The van der Waals surface area contributed by atoms with E-state index in [4.69, 9.17) is 9.47 Å². The van der Waals surface area contributed by atoms with Crippen molar-refractivity contribution >= 4 is 5.91 Å². The number of amides is 1. The molecular formula is C17H22N4O3. The standard InChI is InChI=1S/C17H22N4O3/c1-12-18-17(20-19-12)13-7-5-6-10-21(13)16(22)11-24-15-9-4-3-8-14(15)23-2/h3-4,8-9,13H,5-7,10-11H2,1-2H3,(H,18,19,20)/t13-/m0/s1. The summed E-state index contributed by atoms with van der Waals surface area (Å²) >= 11 is 0. The first-order valence-electron chi connectivity index (χ1n) is 8.13. The number of likely N-dealkylation sites (tertiary alicyclic amines) is 1. The molecule has 0 saturated carbocycles. The SMILES string of the molecule is COc1ccccc1OCC(=O)N1CCCC[C@H]1c1n[nH]c(C)n1. The Labute approximate surface area is 141 Å². The van der Waals surface area contributed by atoms with Crippen molar-refractivity contribution in [2.75, 3.05) is 20.3 Å². The molecular weight excluding hydrogens is 308 g/mol. The van der Waals surface area contributed by atoms with E-state index in [1.54, 1.807) is 19.2 Å². The van der Waals surface area contributed by atoms with E-state index in [9.17, 15) is 4.79 Å². The van der Waals surface area contributed by atoms with Crippen LogP contribution in [0.1, 0.15) is 37.0 Å². The average Bonchev–Trinajstić information content (AvgIpc) is 3.06. The molecule has 2 aromatic rings. The van der Waals surface area contributed by atoms with Gasteiger partial charge >= 0.3 is 0 Å². The number of benzene rings is 1. The fourth-order valence-electron chi connectivity index (χ4n) is 2.97. The lowest BCUT2D eigenvalue weighted by molar-refractivity contribution is -0.137. The molecule has 1 fully saturated rings. The number of ether oxygens (including phenoxy) is 2. The molecule has 1 amide bonds. The zero-order valence-electron chi connectivity index (χ0n) is 14.0. The quantitative estimate of drug-likeness (QED) is 0.909. The maximum Gasteiger partial charge on any atom is 0.261 e. The summed E-state index contributed by atoms with van der Waals surface area (Å²) in [5, 5.41) is 7.08. The molecule has 1 aliphatic heterocycles. The maximum atomic E-state index is 12.7. The lowest BCUT2D eigenvalue weighted by Gasteiger charge is -2.34. The van der Waals surface area contributed by atoms with Crippen LogP contribution in [0, 0.1) is 6.92 Å². The molecule has 0 radical (unpaired) electrons. The summed E-state index contributed by atoms with van der Waals surface area (Å²) < 4.78 is 10.9. The van der Waals surface area contributed by atoms with Gasteiger partial charge in [0.05, 0.1) is 13.2 Å². The van der Waals surface area contributed by atoms with E-state index in [0.717, 1.165) is 25.1 Å². The van der Waals surface area contributed by atoms with Gasteiger partial charge in [0.15, 0.2) is 23.9 Å². The molecule has 0 aliphatic carbocycles. The summed E-state index contributed by atoms with van der Waals surface area (Å²) in [4.78, 5) is 18.9. The Kier molecular flexibility index (Phi) is 4.98. The van der Waals surface area contributed by atoms with Gasteiger partial charge in [-0.25, -0.2) is 4.98 Å². The molecule has 3 rings (SSSR count). The lowest BCUT2D eigenvalue weighted by atomic mass is 10.0. The summed E-state index contributed by atoms with van der Waals surface area (Å²) in [6, 6.07) is 7.22.